The Morgan fingerprint density at radius 1 is 1.13 bits per heavy atom. The highest BCUT2D eigenvalue weighted by molar-refractivity contribution is 5.99. The fourth-order valence-electron chi connectivity index (χ4n) is 4.22. The van der Waals surface area contributed by atoms with E-state index in [1.165, 1.54) is 6.07 Å². The van der Waals surface area contributed by atoms with Crippen LogP contribution >= 0.6 is 0 Å². The molecule has 3 rings (SSSR count). The Morgan fingerprint density at radius 3 is 2.63 bits per heavy atom. The van der Waals surface area contributed by atoms with Gasteiger partial charge in [0.25, 0.3) is 5.91 Å². The van der Waals surface area contributed by atoms with Gasteiger partial charge < -0.3 is 20.9 Å². The van der Waals surface area contributed by atoms with Crippen molar-refractivity contribution in [2.24, 2.45) is 11.7 Å². The molecule has 4 amide bonds. The van der Waals surface area contributed by atoms with Crippen LogP contribution in [0.2, 0.25) is 0 Å². The summed E-state index contributed by atoms with van der Waals surface area (Å²) in [5, 5.41) is 3.01. The maximum atomic E-state index is 13.1. The van der Waals surface area contributed by atoms with Gasteiger partial charge in [-0.2, -0.15) is 0 Å². The largest absolute Gasteiger partial charge is 0.366 e. The van der Waals surface area contributed by atoms with E-state index in [0.29, 0.717) is 44.6 Å². The second-order valence-electron chi connectivity index (χ2n) is 8.06. The first kappa shape index (κ1) is 21.8. The van der Waals surface area contributed by atoms with Crippen LogP contribution in [0.4, 0.5) is 0 Å². The average Bonchev–Trinajstić information content (AvgIpc) is 2.99. The highest BCUT2D eigenvalue weighted by atomic mass is 16.2. The van der Waals surface area contributed by atoms with Crippen LogP contribution < -0.4 is 11.1 Å². The van der Waals surface area contributed by atoms with E-state index in [-0.39, 0.29) is 35.2 Å². The van der Waals surface area contributed by atoms with Crippen molar-refractivity contribution >= 4 is 23.6 Å². The van der Waals surface area contributed by atoms with Gasteiger partial charge >= 0.3 is 0 Å². The molecule has 2 atom stereocenters. The zero-order chi connectivity index (χ0) is 21.7. The van der Waals surface area contributed by atoms with Crippen molar-refractivity contribution in [2.75, 3.05) is 26.2 Å². The van der Waals surface area contributed by atoms with E-state index >= 15 is 0 Å². The number of hydrogen-bond donors (Lipinski definition) is 2. The van der Waals surface area contributed by atoms with Gasteiger partial charge in [0.05, 0.1) is 5.92 Å². The van der Waals surface area contributed by atoms with Gasteiger partial charge in [-0.05, 0) is 50.8 Å². The van der Waals surface area contributed by atoms with Gasteiger partial charge in [-0.25, -0.2) is 0 Å². The molecule has 2 fully saturated rings. The maximum absolute atomic E-state index is 13.1. The zero-order valence-corrected chi connectivity index (χ0v) is 17.4. The molecule has 2 aliphatic rings. The molecule has 8 nitrogen and oxygen atoms in total. The van der Waals surface area contributed by atoms with E-state index in [0.717, 1.165) is 19.3 Å². The van der Waals surface area contributed by atoms with Gasteiger partial charge in [0.15, 0.2) is 0 Å². The number of amides is 4. The number of carbonyl (C=O) groups is 4. The van der Waals surface area contributed by atoms with Crippen molar-refractivity contribution in [1.29, 1.82) is 0 Å². The maximum Gasteiger partial charge on any atom is 0.251 e. The monoisotopic (exact) mass is 414 g/mol. The smallest absolute Gasteiger partial charge is 0.251 e. The first-order valence-corrected chi connectivity index (χ1v) is 10.7. The lowest BCUT2D eigenvalue weighted by Gasteiger charge is -2.35. The van der Waals surface area contributed by atoms with Gasteiger partial charge in [-0.15, -0.1) is 0 Å². The first-order valence-electron chi connectivity index (χ1n) is 10.7. The van der Waals surface area contributed by atoms with Crippen molar-refractivity contribution in [2.45, 2.75) is 45.1 Å². The normalized spacial score (nSPS) is 22.4. The number of primary amides is 1. The highest BCUT2D eigenvalue weighted by Gasteiger charge is 2.33. The van der Waals surface area contributed by atoms with Crippen LogP contribution in [-0.2, 0) is 9.59 Å². The third-order valence-corrected chi connectivity index (χ3v) is 5.96. The Hall–Kier alpha value is -2.90. The summed E-state index contributed by atoms with van der Waals surface area (Å²) in [5.74, 6) is -0.858. The summed E-state index contributed by atoms with van der Waals surface area (Å²) in [6.45, 7) is 4.14. The number of piperidine rings is 1. The summed E-state index contributed by atoms with van der Waals surface area (Å²) in [5.41, 5.74) is 5.96. The second kappa shape index (κ2) is 9.73. The summed E-state index contributed by atoms with van der Waals surface area (Å²) in [4.78, 5) is 52.7. The summed E-state index contributed by atoms with van der Waals surface area (Å²) in [6.07, 6.45) is 3.59. The molecule has 2 unspecified atom stereocenters. The van der Waals surface area contributed by atoms with E-state index in [4.69, 9.17) is 5.73 Å². The lowest BCUT2D eigenvalue weighted by molar-refractivity contribution is -0.143. The van der Waals surface area contributed by atoms with Crippen molar-refractivity contribution in [3.05, 3.63) is 35.4 Å². The summed E-state index contributed by atoms with van der Waals surface area (Å²) >= 11 is 0. The van der Waals surface area contributed by atoms with Crippen LogP contribution in [0.15, 0.2) is 24.3 Å². The summed E-state index contributed by atoms with van der Waals surface area (Å²) in [6, 6.07) is 6.16. The van der Waals surface area contributed by atoms with Crippen molar-refractivity contribution < 1.29 is 19.2 Å². The molecule has 2 saturated heterocycles. The Morgan fingerprint density at radius 2 is 1.90 bits per heavy atom. The van der Waals surface area contributed by atoms with Gasteiger partial charge in [0.2, 0.25) is 17.7 Å². The van der Waals surface area contributed by atoms with Crippen LogP contribution in [0.1, 0.15) is 59.7 Å². The van der Waals surface area contributed by atoms with Gasteiger partial charge in [0.1, 0.15) is 0 Å². The topological polar surface area (TPSA) is 113 Å². The zero-order valence-electron chi connectivity index (χ0n) is 17.4. The van der Waals surface area contributed by atoms with Crippen LogP contribution in [0.3, 0.4) is 0 Å². The average molecular weight is 415 g/mol. The Balaban J connectivity index is 1.64. The molecular formula is C22H30N4O4. The molecule has 1 aromatic carbocycles. The molecule has 0 aromatic heterocycles. The minimum absolute atomic E-state index is 0.0674. The van der Waals surface area contributed by atoms with E-state index in [1.54, 1.807) is 23.1 Å². The molecule has 0 saturated carbocycles. The van der Waals surface area contributed by atoms with E-state index in [1.807, 2.05) is 11.8 Å². The predicted octanol–water partition coefficient (Wildman–Crippen LogP) is 1.15. The first-order chi connectivity index (χ1) is 14.4. The van der Waals surface area contributed by atoms with Crippen LogP contribution in [0.5, 0.6) is 0 Å². The number of carbonyl (C=O) groups excluding carboxylic acids is 4. The fourth-order valence-corrected chi connectivity index (χ4v) is 4.22. The quantitative estimate of drug-likeness (QED) is 0.753. The molecule has 3 N–H and O–H groups in total. The minimum Gasteiger partial charge on any atom is -0.366 e. The molecular weight excluding hydrogens is 384 g/mol. The summed E-state index contributed by atoms with van der Waals surface area (Å²) < 4.78 is 0. The molecule has 0 radical (unpaired) electrons. The molecule has 2 heterocycles. The van der Waals surface area contributed by atoms with Gasteiger partial charge in [0, 0.05) is 49.8 Å². The number of benzene rings is 1. The number of nitrogens with one attached hydrogen (secondary N) is 1. The number of nitrogens with zero attached hydrogens (tertiary/aromatic N) is 2. The van der Waals surface area contributed by atoms with Crippen molar-refractivity contribution in [1.82, 2.24) is 15.1 Å². The lowest BCUT2D eigenvalue weighted by Crippen LogP contribution is -2.50. The van der Waals surface area contributed by atoms with Crippen molar-refractivity contribution in [3.8, 4) is 0 Å². The molecule has 8 heteroatoms. The number of hydrogen-bond acceptors (Lipinski definition) is 4. The molecule has 30 heavy (non-hydrogen) atoms. The molecule has 0 aliphatic carbocycles. The van der Waals surface area contributed by atoms with Crippen LogP contribution in [-0.4, -0.2) is 65.6 Å². The van der Waals surface area contributed by atoms with E-state index in [9.17, 15) is 19.2 Å². The molecule has 0 bridgehead atoms. The third kappa shape index (κ3) is 5.17. The van der Waals surface area contributed by atoms with E-state index < -0.39 is 5.91 Å². The van der Waals surface area contributed by atoms with Gasteiger partial charge in [-0.3, -0.25) is 19.2 Å². The fraction of sp³-hybridized carbons (Fsp3) is 0.545. The predicted molar refractivity (Wildman–Crippen MR) is 112 cm³/mol. The summed E-state index contributed by atoms with van der Waals surface area (Å²) in [7, 11) is 0. The minimum atomic E-state index is -0.581. The Kier molecular flexibility index (Phi) is 7.07. The molecule has 162 valence electrons. The van der Waals surface area contributed by atoms with Crippen molar-refractivity contribution in [3.63, 3.8) is 0 Å². The highest BCUT2D eigenvalue weighted by Crippen LogP contribution is 2.22. The number of likely N-dealkylation sites (tertiary alicyclic amines) is 2. The molecule has 2 aliphatic heterocycles. The van der Waals surface area contributed by atoms with E-state index in [2.05, 4.69) is 5.32 Å². The number of nitrogens with two attached hydrogens (primary N) is 1. The van der Waals surface area contributed by atoms with Crippen LogP contribution in [0.25, 0.3) is 0 Å². The van der Waals surface area contributed by atoms with Gasteiger partial charge in [-0.1, -0.05) is 6.07 Å². The van der Waals surface area contributed by atoms with Crippen LogP contribution in [0, 0.1) is 5.92 Å². The number of rotatable bonds is 5. The standard InChI is InChI=1S/C22H30N4O4/c1-2-25-13-17(9-10-19(25)27)22(30)26-11-4-3-8-18(14-26)24-21(29)16-7-5-6-15(12-16)20(23)28/h5-7,12,17-18H,2-4,8-11,13-14H2,1H3,(H2,23,28)(H,24,29). The second-order valence-corrected chi connectivity index (χ2v) is 8.06. The molecule has 1 aromatic rings. The Bertz CT molecular complexity index is 825. The third-order valence-electron chi connectivity index (χ3n) is 5.96. The lowest BCUT2D eigenvalue weighted by atomic mass is 9.95. The SMILES string of the molecule is CCN1CC(C(=O)N2CCCCC(NC(=O)c3cccc(C(N)=O)c3)C2)CCC1=O. The molecule has 0 spiro atoms. The Labute approximate surface area is 176 Å².